The number of benzene rings is 1. The van der Waals surface area contributed by atoms with Gasteiger partial charge in [0, 0.05) is 24.3 Å². The molecule has 2 aliphatic heterocycles. The second-order valence-electron chi connectivity index (χ2n) is 10.0. The van der Waals surface area contributed by atoms with Gasteiger partial charge in [0.1, 0.15) is 11.5 Å². The third-order valence-electron chi connectivity index (χ3n) is 7.76. The fraction of sp³-hybridized carbons (Fsp3) is 0.731. The van der Waals surface area contributed by atoms with Gasteiger partial charge in [0.25, 0.3) is 0 Å². The van der Waals surface area contributed by atoms with E-state index >= 15 is 0 Å². The van der Waals surface area contributed by atoms with Crippen LogP contribution in [0.15, 0.2) is 18.2 Å². The van der Waals surface area contributed by atoms with Crippen LogP contribution in [0.2, 0.25) is 0 Å². The third-order valence-corrected chi connectivity index (χ3v) is 7.76. The summed E-state index contributed by atoms with van der Waals surface area (Å²) in [5.41, 5.74) is 3.05. The van der Waals surface area contributed by atoms with E-state index in [-0.39, 0.29) is 5.92 Å². The molecular weight excluding hydrogens is 358 g/mol. The summed E-state index contributed by atoms with van der Waals surface area (Å²) in [4.78, 5) is 14.7. The average molecular weight is 398 g/mol. The number of fused-ring (bicyclic) bond motifs is 1. The first-order valence-electron chi connectivity index (χ1n) is 12.1. The predicted molar refractivity (Wildman–Crippen MR) is 119 cm³/mol. The Morgan fingerprint density at radius 2 is 1.79 bits per heavy atom. The van der Waals surface area contributed by atoms with Crippen LogP contribution in [-0.2, 0) is 11.2 Å². The van der Waals surface area contributed by atoms with E-state index in [1.807, 2.05) is 13.8 Å². The number of hydrogen-bond acceptors (Lipinski definition) is 3. The predicted octanol–water partition coefficient (Wildman–Crippen LogP) is 5.61. The number of likely N-dealkylation sites (tertiary alicyclic amines) is 1. The summed E-state index contributed by atoms with van der Waals surface area (Å²) in [7, 11) is 0. The highest BCUT2D eigenvalue weighted by Gasteiger charge is 2.27. The Hall–Kier alpha value is -1.35. The van der Waals surface area contributed by atoms with Gasteiger partial charge in [-0.2, -0.15) is 0 Å². The number of ketones is 1. The lowest BCUT2D eigenvalue weighted by Crippen LogP contribution is -2.35. The number of carbonyl (C=O) groups excluding carboxylic acids is 1. The van der Waals surface area contributed by atoms with E-state index < -0.39 is 0 Å². The van der Waals surface area contributed by atoms with Crippen LogP contribution in [0, 0.1) is 17.8 Å². The highest BCUT2D eigenvalue weighted by molar-refractivity contribution is 5.80. The Labute approximate surface area is 177 Å². The molecular formula is C26H39NO2. The fourth-order valence-corrected chi connectivity index (χ4v) is 5.71. The van der Waals surface area contributed by atoms with Gasteiger partial charge in [0.15, 0.2) is 0 Å². The van der Waals surface area contributed by atoms with E-state index in [1.165, 1.54) is 70.1 Å². The topological polar surface area (TPSA) is 29.5 Å². The van der Waals surface area contributed by atoms with Crippen molar-refractivity contribution in [3.05, 3.63) is 29.3 Å². The molecule has 1 aliphatic carbocycles. The molecule has 1 aromatic rings. The molecule has 1 aromatic carbocycles. The Balaban J connectivity index is 1.17. The summed E-state index contributed by atoms with van der Waals surface area (Å²) in [5, 5.41) is 0. The van der Waals surface area contributed by atoms with Gasteiger partial charge in [-0.15, -0.1) is 0 Å². The smallest absolute Gasteiger partial charge is 0.135 e. The van der Waals surface area contributed by atoms with Crippen molar-refractivity contribution in [3.63, 3.8) is 0 Å². The molecule has 160 valence electrons. The van der Waals surface area contributed by atoms with Gasteiger partial charge in [0.05, 0.1) is 6.61 Å². The maximum atomic E-state index is 12.0. The molecule has 4 rings (SSSR count). The number of carbonyl (C=O) groups is 1. The summed E-state index contributed by atoms with van der Waals surface area (Å²) in [6.45, 7) is 8.69. The van der Waals surface area contributed by atoms with Crippen LogP contribution in [-0.4, -0.2) is 36.9 Å². The monoisotopic (exact) mass is 397 g/mol. The van der Waals surface area contributed by atoms with Gasteiger partial charge in [0.2, 0.25) is 0 Å². The molecule has 3 nitrogen and oxygen atoms in total. The molecule has 0 amide bonds. The fourth-order valence-electron chi connectivity index (χ4n) is 5.71. The number of nitrogens with zero attached hydrogens (tertiary/aromatic N) is 1. The van der Waals surface area contributed by atoms with Crippen molar-refractivity contribution >= 4 is 5.78 Å². The van der Waals surface area contributed by atoms with Gasteiger partial charge >= 0.3 is 0 Å². The van der Waals surface area contributed by atoms with E-state index in [0.717, 1.165) is 37.0 Å². The minimum Gasteiger partial charge on any atom is -0.493 e. The van der Waals surface area contributed by atoms with Crippen molar-refractivity contribution in [2.75, 3.05) is 26.2 Å². The molecule has 1 saturated carbocycles. The lowest BCUT2D eigenvalue weighted by Gasteiger charge is -2.35. The SMILES string of the molecule is CC(C)C(=O)CC1CCC(CCN2CCC(c3cccc4c3CCO4)CC2)CC1. The second-order valence-corrected chi connectivity index (χ2v) is 10.0. The Kier molecular flexibility index (Phi) is 6.95. The van der Waals surface area contributed by atoms with Crippen LogP contribution in [0.4, 0.5) is 0 Å². The van der Waals surface area contributed by atoms with Crippen molar-refractivity contribution in [1.29, 1.82) is 0 Å². The van der Waals surface area contributed by atoms with Crippen LogP contribution < -0.4 is 4.74 Å². The number of hydrogen-bond donors (Lipinski definition) is 0. The molecule has 3 aliphatic rings. The highest BCUT2D eigenvalue weighted by Crippen LogP contribution is 2.38. The zero-order valence-electron chi connectivity index (χ0n) is 18.5. The van der Waals surface area contributed by atoms with Crippen molar-refractivity contribution < 1.29 is 9.53 Å². The molecule has 1 saturated heterocycles. The van der Waals surface area contributed by atoms with Gasteiger partial charge in [-0.25, -0.2) is 0 Å². The number of Topliss-reactive ketones (excluding diaryl/α,β-unsaturated/α-hetero) is 1. The summed E-state index contributed by atoms with van der Waals surface area (Å²) in [6.07, 6.45) is 11.1. The van der Waals surface area contributed by atoms with Crippen LogP contribution in [0.3, 0.4) is 0 Å². The van der Waals surface area contributed by atoms with Crippen molar-refractivity contribution in [1.82, 2.24) is 4.90 Å². The molecule has 2 fully saturated rings. The molecule has 0 N–H and O–H groups in total. The first kappa shape index (κ1) is 20.9. The maximum Gasteiger partial charge on any atom is 0.135 e. The lowest BCUT2D eigenvalue weighted by atomic mass is 9.77. The summed E-state index contributed by atoms with van der Waals surface area (Å²) >= 11 is 0. The van der Waals surface area contributed by atoms with Crippen molar-refractivity contribution in [2.45, 2.75) is 77.6 Å². The van der Waals surface area contributed by atoms with Gasteiger partial charge < -0.3 is 9.64 Å². The van der Waals surface area contributed by atoms with Crippen LogP contribution in [0.5, 0.6) is 5.75 Å². The largest absolute Gasteiger partial charge is 0.493 e. The van der Waals surface area contributed by atoms with E-state index in [9.17, 15) is 4.79 Å². The Bertz CT molecular complexity index is 682. The molecule has 0 spiro atoms. The first-order chi connectivity index (χ1) is 14.1. The molecule has 2 heterocycles. The lowest BCUT2D eigenvalue weighted by molar-refractivity contribution is -0.123. The highest BCUT2D eigenvalue weighted by atomic mass is 16.5. The standard InChI is InChI=1S/C26H39NO2/c1-19(2)25(28)18-21-8-6-20(7-9-21)10-14-27-15-11-22(12-16-27)23-4-3-5-26-24(23)13-17-29-26/h3-5,19-22H,6-18H2,1-2H3. The molecule has 29 heavy (non-hydrogen) atoms. The van der Waals surface area contributed by atoms with Gasteiger partial charge in [-0.05, 0) is 81.1 Å². The summed E-state index contributed by atoms with van der Waals surface area (Å²) in [6, 6.07) is 6.65. The first-order valence-corrected chi connectivity index (χ1v) is 12.1. The quantitative estimate of drug-likeness (QED) is 0.599. The average Bonchev–Trinajstić information content (AvgIpc) is 3.22. The van der Waals surface area contributed by atoms with Gasteiger partial charge in [-0.3, -0.25) is 4.79 Å². The maximum absolute atomic E-state index is 12.0. The van der Waals surface area contributed by atoms with E-state index in [1.54, 1.807) is 5.56 Å². The van der Waals surface area contributed by atoms with Gasteiger partial charge in [-0.1, -0.05) is 38.8 Å². The Morgan fingerprint density at radius 3 is 2.52 bits per heavy atom. The normalized spacial score (nSPS) is 25.8. The zero-order chi connectivity index (χ0) is 20.2. The van der Waals surface area contributed by atoms with Crippen LogP contribution in [0.25, 0.3) is 0 Å². The van der Waals surface area contributed by atoms with E-state index in [0.29, 0.717) is 11.7 Å². The Morgan fingerprint density at radius 1 is 1.07 bits per heavy atom. The molecule has 0 aromatic heterocycles. The second kappa shape index (κ2) is 9.64. The van der Waals surface area contributed by atoms with Crippen molar-refractivity contribution in [3.8, 4) is 5.75 Å². The van der Waals surface area contributed by atoms with Crippen molar-refractivity contribution in [2.24, 2.45) is 17.8 Å². The summed E-state index contributed by atoms with van der Waals surface area (Å²) < 4.78 is 5.77. The zero-order valence-corrected chi connectivity index (χ0v) is 18.5. The summed E-state index contributed by atoms with van der Waals surface area (Å²) in [5.74, 6) is 4.07. The molecule has 0 unspecified atom stereocenters. The minimum atomic E-state index is 0.208. The number of rotatable bonds is 7. The molecule has 0 atom stereocenters. The molecule has 3 heteroatoms. The number of piperidine rings is 1. The number of ether oxygens (including phenoxy) is 1. The molecule has 0 bridgehead atoms. The molecule has 0 radical (unpaired) electrons. The van der Waals surface area contributed by atoms with E-state index in [4.69, 9.17) is 4.74 Å². The minimum absolute atomic E-state index is 0.208. The third kappa shape index (κ3) is 5.23. The van der Waals surface area contributed by atoms with Crippen LogP contribution >= 0.6 is 0 Å². The van der Waals surface area contributed by atoms with E-state index in [2.05, 4.69) is 23.1 Å². The van der Waals surface area contributed by atoms with Crippen LogP contribution in [0.1, 0.15) is 82.3 Å².